The normalized spacial score (nSPS) is 17.9. The average Bonchev–Trinajstić information content (AvgIpc) is 2.60. The molecular formula is C18H20N2O3. The van der Waals surface area contributed by atoms with E-state index in [1.807, 2.05) is 18.2 Å². The molecule has 5 heteroatoms. The smallest absolute Gasteiger partial charge is 0.260 e. The second kappa shape index (κ2) is 7.24. The first-order chi connectivity index (χ1) is 11.2. The average molecular weight is 312 g/mol. The summed E-state index contributed by atoms with van der Waals surface area (Å²) in [7, 11) is 0. The van der Waals surface area contributed by atoms with E-state index >= 15 is 0 Å². The van der Waals surface area contributed by atoms with Crippen molar-refractivity contribution < 1.29 is 14.3 Å². The van der Waals surface area contributed by atoms with Gasteiger partial charge in [0.15, 0.2) is 12.4 Å². The first kappa shape index (κ1) is 15.5. The van der Waals surface area contributed by atoms with E-state index in [2.05, 4.69) is 12.1 Å². The number of morpholine rings is 1. The van der Waals surface area contributed by atoms with Crippen LogP contribution in [0.15, 0.2) is 54.9 Å². The monoisotopic (exact) mass is 312 g/mol. The number of carbonyl (C=O) groups excluding carboxylic acids is 1. The van der Waals surface area contributed by atoms with Crippen molar-refractivity contribution in [2.24, 2.45) is 0 Å². The van der Waals surface area contributed by atoms with Crippen LogP contribution in [0.1, 0.15) is 22.3 Å². The Morgan fingerprint density at radius 2 is 2.09 bits per heavy atom. The summed E-state index contributed by atoms with van der Waals surface area (Å²) in [5, 5.41) is 11.3. The van der Waals surface area contributed by atoms with Crippen LogP contribution in [0.2, 0.25) is 0 Å². The van der Waals surface area contributed by atoms with Crippen LogP contribution < -0.4 is 4.73 Å². The van der Waals surface area contributed by atoms with Crippen LogP contribution >= 0.6 is 0 Å². The molecule has 5 nitrogen and oxygen atoms in total. The number of hydrogen-bond acceptors (Lipinski definition) is 3. The number of hydrogen-bond donors (Lipinski definition) is 0. The van der Waals surface area contributed by atoms with Crippen LogP contribution in [0.4, 0.5) is 0 Å². The SMILES string of the molecule is O=C(c1ccc[n+]([O-])c1)N1CCO[C@H](CCc2ccccc2)C1. The number of carbonyl (C=O) groups is 1. The van der Waals surface area contributed by atoms with E-state index in [0.29, 0.717) is 30.0 Å². The van der Waals surface area contributed by atoms with Crippen LogP contribution in [-0.2, 0) is 11.2 Å². The van der Waals surface area contributed by atoms with E-state index in [1.165, 1.54) is 18.0 Å². The second-order valence-corrected chi connectivity index (χ2v) is 5.72. The Morgan fingerprint density at radius 1 is 1.26 bits per heavy atom. The number of aromatic nitrogens is 1. The number of nitrogens with zero attached hydrogens (tertiary/aromatic N) is 2. The lowest BCUT2D eigenvalue weighted by Gasteiger charge is -2.33. The molecule has 1 amide bonds. The first-order valence-electron chi connectivity index (χ1n) is 7.86. The molecule has 2 aromatic rings. The molecule has 0 saturated carbocycles. The lowest BCUT2D eigenvalue weighted by atomic mass is 10.1. The fraction of sp³-hybridized carbons (Fsp3) is 0.333. The summed E-state index contributed by atoms with van der Waals surface area (Å²) < 4.78 is 6.43. The first-order valence-corrected chi connectivity index (χ1v) is 7.86. The number of pyridine rings is 1. The molecule has 0 spiro atoms. The molecule has 0 unspecified atom stereocenters. The largest absolute Gasteiger partial charge is 0.619 e. The van der Waals surface area contributed by atoms with Gasteiger partial charge in [-0.25, -0.2) is 0 Å². The van der Waals surface area contributed by atoms with Crippen LogP contribution in [0.5, 0.6) is 0 Å². The van der Waals surface area contributed by atoms with Gasteiger partial charge < -0.3 is 14.8 Å². The van der Waals surface area contributed by atoms with Crippen molar-refractivity contribution in [3.63, 3.8) is 0 Å². The standard InChI is InChI=1S/C18H20N2O3/c21-18(16-7-4-10-20(22)13-16)19-11-12-23-17(14-19)9-8-15-5-2-1-3-6-15/h1-7,10,13,17H,8-9,11-12,14H2/t17-/m1/s1. The van der Waals surface area contributed by atoms with Crippen molar-refractivity contribution in [3.05, 3.63) is 71.2 Å². The van der Waals surface area contributed by atoms with E-state index in [1.54, 1.807) is 17.0 Å². The maximum Gasteiger partial charge on any atom is 0.260 e. The highest BCUT2D eigenvalue weighted by molar-refractivity contribution is 5.93. The summed E-state index contributed by atoms with van der Waals surface area (Å²) in [6.07, 6.45) is 4.54. The van der Waals surface area contributed by atoms with Crippen molar-refractivity contribution in [1.29, 1.82) is 0 Å². The zero-order valence-electron chi connectivity index (χ0n) is 12.9. The van der Waals surface area contributed by atoms with Gasteiger partial charge in [0.2, 0.25) is 0 Å². The third-order valence-corrected chi connectivity index (χ3v) is 4.05. The van der Waals surface area contributed by atoms with E-state index < -0.39 is 0 Å². The van der Waals surface area contributed by atoms with Gasteiger partial charge in [-0.2, -0.15) is 4.73 Å². The van der Waals surface area contributed by atoms with Crippen molar-refractivity contribution in [2.75, 3.05) is 19.7 Å². The summed E-state index contributed by atoms with van der Waals surface area (Å²) in [5.41, 5.74) is 1.70. The van der Waals surface area contributed by atoms with Gasteiger partial charge in [-0.15, -0.1) is 0 Å². The zero-order valence-corrected chi connectivity index (χ0v) is 12.9. The van der Waals surface area contributed by atoms with Crippen LogP contribution in [0.25, 0.3) is 0 Å². The molecule has 1 atom stereocenters. The minimum Gasteiger partial charge on any atom is -0.619 e. The third kappa shape index (κ3) is 4.07. The van der Waals surface area contributed by atoms with Gasteiger partial charge in [-0.05, 0) is 24.5 Å². The molecule has 1 fully saturated rings. The van der Waals surface area contributed by atoms with Crippen LogP contribution in [0, 0.1) is 5.21 Å². The van der Waals surface area contributed by atoms with Gasteiger partial charge in [0, 0.05) is 19.2 Å². The number of aryl methyl sites for hydroxylation is 1. The number of amides is 1. The van der Waals surface area contributed by atoms with Crippen molar-refractivity contribution >= 4 is 5.91 Å². The van der Waals surface area contributed by atoms with E-state index in [-0.39, 0.29) is 12.0 Å². The highest BCUT2D eigenvalue weighted by atomic mass is 16.5. The predicted octanol–water partition coefficient (Wildman–Crippen LogP) is 1.79. The Morgan fingerprint density at radius 3 is 2.87 bits per heavy atom. The van der Waals surface area contributed by atoms with Gasteiger partial charge in [0.1, 0.15) is 5.56 Å². The van der Waals surface area contributed by atoms with E-state index in [0.717, 1.165) is 12.8 Å². The third-order valence-electron chi connectivity index (χ3n) is 4.05. The molecule has 3 rings (SSSR count). The molecular weight excluding hydrogens is 292 g/mol. The molecule has 1 aliphatic heterocycles. The summed E-state index contributed by atoms with van der Waals surface area (Å²) in [4.78, 5) is 14.3. The summed E-state index contributed by atoms with van der Waals surface area (Å²) in [6, 6.07) is 13.5. The Hall–Kier alpha value is -2.40. The maximum atomic E-state index is 12.5. The fourth-order valence-electron chi connectivity index (χ4n) is 2.81. The molecule has 0 aliphatic carbocycles. The van der Waals surface area contributed by atoms with Crippen molar-refractivity contribution in [2.45, 2.75) is 18.9 Å². The minimum atomic E-state index is -0.108. The molecule has 1 saturated heterocycles. The Kier molecular flexibility index (Phi) is 4.88. The van der Waals surface area contributed by atoms with Crippen LogP contribution in [-0.4, -0.2) is 36.6 Å². The fourth-order valence-corrected chi connectivity index (χ4v) is 2.81. The number of rotatable bonds is 4. The number of benzene rings is 1. The lowest BCUT2D eigenvalue weighted by molar-refractivity contribution is -0.605. The molecule has 0 N–H and O–H groups in total. The Bertz CT molecular complexity index is 660. The molecule has 2 heterocycles. The lowest BCUT2D eigenvalue weighted by Crippen LogP contribution is -2.46. The minimum absolute atomic E-state index is 0.0380. The molecule has 1 aliphatic rings. The van der Waals surface area contributed by atoms with Gasteiger partial charge in [0.05, 0.1) is 12.7 Å². The van der Waals surface area contributed by atoms with Gasteiger partial charge in [-0.1, -0.05) is 30.3 Å². The molecule has 23 heavy (non-hydrogen) atoms. The van der Waals surface area contributed by atoms with Crippen molar-refractivity contribution in [1.82, 2.24) is 4.90 Å². The van der Waals surface area contributed by atoms with Gasteiger partial charge >= 0.3 is 0 Å². The van der Waals surface area contributed by atoms with Gasteiger partial charge in [0.25, 0.3) is 5.91 Å². The topological polar surface area (TPSA) is 56.5 Å². The quantitative estimate of drug-likeness (QED) is 0.639. The van der Waals surface area contributed by atoms with Crippen LogP contribution in [0.3, 0.4) is 0 Å². The maximum absolute atomic E-state index is 12.5. The zero-order chi connectivity index (χ0) is 16.1. The highest BCUT2D eigenvalue weighted by Gasteiger charge is 2.25. The molecule has 0 radical (unpaired) electrons. The molecule has 1 aromatic heterocycles. The molecule has 120 valence electrons. The van der Waals surface area contributed by atoms with E-state index in [9.17, 15) is 10.0 Å². The summed E-state index contributed by atoms with van der Waals surface area (Å²) >= 11 is 0. The second-order valence-electron chi connectivity index (χ2n) is 5.72. The summed E-state index contributed by atoms with van der Waals surface area (Å²) in [6.45, 7) is 1.67. The molecule has 0 bridgehead atoms. The van der Waals surface area contributed by atoms with E-state index in [4.69, 9.17) is 4.74 Å². The van der Waals surface area contributed by atoms with Gasteiger partial charge in [-0.3, -0.25) is 4.79 Å². The Balaban J connectivity index is 1.58. The Labute approximate surface area is 135 Å². The molecule has 1 aromatic carbocycles. The number of ether oxygens (including phenoxy) is 1. The van der Waals surface area contributed by atoms with Crippen molar-refractivity contribution in [3.8, 4) is 0 Å². The highest BCUT2D eigenvalue weighted by Crippen LogP contribution is 2.14. The predicted molar refractivity (Wildman–Crippen MR) is 85.8 cm³/mol. The summed E-state index contributed by atoms with van der Waals surface area (Å²) in [5.74, 6) is -0.108.